The second-order valence-corrected chi connectivity index (χ2v) is 5.38. The van der Waals surface area contributed by atoms with Crippen LogP contribution in [-0.2, 0) is 16.1 Å². The molecule has 0 N–H and O–H groups in total. The van der Waals surface area contributed by atoms with Crippen molar-refractivity contribution in [2.24, 2.45) is 5.92 Å². The second-order valence-electron chi connectivity index (χ2n) is 4.56. The number of hydrogen-bond acceptors (Lipinski definition) is 4. The third-order valence-electron chi connectivity index (χ3n) is 3.32. The first-order chi connectivity index (χ1) is 8.69. The van der Waals surface area contributed by atoms with E-state index >= 15 is 0 Å². The number of carbonyl (C=O) groups excluding carboxylic acids is 1. The van der Waals surface area contributed by atoms with Gasteiger partial charge in [0.05, 0.1) is 13.0 Å². The SMILES string of the molecule is COC(=O)C1CCN(Cc2ccc(Br)nc2)CC1. The fraction of sp³-hybridized carbons (Fsp3) is 0.538. The summed E-state index contributed by atoms with van der Waals surface area (Å²) in [5.41, 5.74) is 1.20. The van der Waals surface area contributed by atoms with E-state index in [0.29, 0.717) is 0 Å². The van der Waals surface area contributed by atoms with Crippen molar-refractivity contribution in [2.75, 3.05) is 20.2 Å². The van der Waals surface area contributed by atoms with Gasteiger partial charge in [0.1, 0.15) is 4.60 Å². The normalized spacial score (nSPS) is 17.7. The Morgan fingerprint density at radius 3 is 2.78 bits per heavy atom. The van der Waals surface area contributed by atoms with Crippen LogP contribution >= 0.6 is 15.9 Å². The minimum absolute atomic E-state index is 0.0695. The molecule has 1 aliphatic rings. The van der Waals surface area contributed by atoms with Crippen molar-refractivity contribution in [3.63, 3.8) is 0 Å². The molecule has 0 spiro atoms. The van der Waals surface area contributed by atoms with Crippen molar-refractivity contribution in [1.29, 1.82) is 0 Å². The molecule has 18 heavy (non-hydrogen) atoms. The number of ether oxygens (including phenoxy) is 1. The van der Waals surface area contributed by atoms with Crippen LogP contribution in [0, 0.1) is 5.92 Å². The third-order valence-corrected chi connectivity index (χ3v) is 3.79. The van der Waals surface area contributed by atoms with Gasteiger partial charge in [-0.3, -0.25) is 9.69 Å². The molecular weight excluding hydrogens is 296 g/mol. The Bertz CT molecular complexity index is 400. The molecule has 5 heteroatoms. The van der Waals surface area contributed by atoms with Gasteiger partial charge in [0.25, 0.3) is 0 Å². The molecule has 1 aromatic heterocycles. The molecule has 0 atom stereocenters. The minimum atomic E-state index is -0.0695. The van der Waals surface area contributed by atoms with Gasteiger partial charge >= 0.3 is 5.97 Å². The molecule has 0 aliphatic carbocycles. The largest absolute Gasteiger partial charge is 0.469 e. The summed E-state index contributed by atoms with van der Waals surface area (Å²) in [5.74, 6) is 0.00857. The van der Waals surface area contributed by atoms with E-state index < -0.39 is 0 Å². The predicted octanol–water partition coefficient (Wildman–Crippen LogP) is 2.23. The first-order valence-electron chi connectivity index (χ1n) is 6.09. The zero-order valence-electron chi connectivity index (χ0n) is 10.4. The standard InChI is InChI=1S/C13H17BrN2O2/c1-18-13(17)11-4-6-16(7-5-11)9-10-2-3-12(14)15-8-10/h2-3,8,11H,4-7,9H2,1H3. The average molecular weight is 313 g/mol. The summed E-state index contributed by atoms with van der Waals surface area (Å²) in [6.45, 7) is 2.78. The summed E-state index contributed by atoms with van der Waals surface area (Å²) >= 11 is 3.33. The molecule has 1 aromatic rings. The van der Waals surface area contributed by atoms with Crippen molar-refractivity contribution < 1.29 is 9.53 Å². The molecular formula is C13H17BrN2O2. The van der Waals surface area contributed by atoms with E-state index in [-0.39, 0.29) is 11.9 Å². The van der Waals surface area contributed by atoms with E-state index in [4.69, 9.17) is 4.74 Å². The predicted molar refractivity (Wildman–Crippen MR) is 72.0 cm³/mol. The highest BCUT2D eigenvalue weighted by molar-refractivity contribution is 9.10. The van der Waals surface area contributed by atoms with Gasteiger partial charge in [-0.2, -0.15) is 0 Å². The molecule has 2 heterocycles. The maximum Gasteiger partial charge on any atom is 0.308 e. The van der Waals surface area contributed by atoms with Gasteiger partial charge in [0.15, 0.2) is 0 Å². The molecule has 0 aromatic carbocycles. The van der Waals surface area contributed by atoms with Gasteiger partial charge in [-0.1, -0.05) is 6.07 Å². The van der Waals surface area contributed by atoms with E-state index in [2.05, 4.69) is 31.9 Å². The van der Waals surface area contributed by atoms with Crippen LogP contribution in [0.25, 0.3) is 0 Å². The Labute approximate surface area is 115 Å². The molecule has 0 radical (unpaired) electrons. The number of esters is 1. The van der Waals surface area contributed by atoms with Crippen LogP contribution in [0.1, 0.15) is 18.4 Å². The molecule has 1 fully saturated rings. The number of methoxy groups -OCH3 is 1. The molecule has 1 saturated heterocycles. The topological polar surface area (TPSA) is 42.4 Å². The number of aromatic nitrogens is 1. The summed E-state index contributed by atoms with van der Waals surface area (Å²) in [7, 11) is 1.46. The summed E-state index contributed by atoms with van der Waals surface area (Å²) in [4.78, 5) is 18.0. The van der Waals surface area contributed by atoms with E-state index in [1.54, 1.807) is 0 Å². The van der Waals surface area contributed by atoms with Crippen LogP contribution in [0.2, 0.25) is 0 Å². The minimum Gasteiger partial charge on any atom is -0.469 e. The lowest BCUT2D eigenvalue weighted by atomic mass is 9.97. The summed E-state index contributed by atoms with van der Waals surface area (Å²) in [6, 6.07) is 4.03. The van der Waals surface area contributed by atoms with Gasteiger partial charge in [-0.05, 0) is 53.5 Å². The number of nitrogens with zero attached hydrogens (tertiary/aromatic N) is 2. The monoisotopic (exact) mass is 312 g/mol. The molecule has 2 rings (SSSR count). The van der Waals surface area contributed by atoms with Crippen LogP contribution < -0.4 is 0 Å². The molecule has 0 saturated carbocycles. The van der Waals surface area contributed by atoms with Gasteiger partial charge in [0.2, 0.25) is 0 Å². The van der Waals surface area contributed by atoms with Crippen LogP contribution in [0.15, 0.2) is 22.9 Å². The molecule has 0 bridgehead atoms. The zero-order valence-corrected chi connectivity index (χ0v) is 12.0. The quantitative estimate of drug-likeness (QED) is 0.634. The van der Waals surface area contributed by atoms with Crippen molar-refractivity contribution in [3.05, 3.63) is 28.5 Å². The molecule has 98 valence electrons. The Hall–Kier alpha value is -0.940. The molecule has 0 unspecified atom stereocenters. The Balaban J connectivity index is 1.83. The number of hydrogen-bond donors (Lipinski definition) is 0. The maximum atomic E-state index is 11.4. The number of piperidine rings is 1. The number of halogens is 1. The fourth-order valence-corrected chi connectivity index (χ4v) is 2.49. The van der Waals surface area contributed by atoms with Crippen molar-refractivity contribution in [3.8, 4) is 0 Å². The van der Waals surface area contributed by atoms with E-state index in [0.717, 1.165) is 37.1 Å². The van der Waals surface area contributed by atoms with Gasteiger partial charge < -0.3 is 4.74 Å². The third kappa shape index (κ3) is 3.53. The van der Waals surface area contributed by atoms with Crippen molar-refractivity contribution in [1.82, 2.24) is 9.88 Å². The molecule has 4 nitrogen and oxygen atoms in total. The average Bonchev–Trinajstić information content (AvgIpc) is 2.41. The van der Waals surface area contributed by atoms with E-state index in [1.807, 2.05) is 12.3 Å². The highest BCUT2D eigenvalue weighted by Crippen LogP contribution is 2.20. The molecule has 1 aliphatic heterocycles. The van der Waals surface area contributed by atoms with Crippen LogP contribution in [-0.4, -0.2) is 36.1 Å². The molecule has 0 amide bonds. The van der Waals surface area contributed by atoms with Crippen molar-refractivity contribution in [2.45, 2.75) is 19.4 Å². The summed E-state index contributed by atoms with van der Waals surface area (Å²) < 4.78 is 5.64. The van der Waals surface area contributed by atoms with Crippen LogP contribution in [0.3, 0.4) is 0 Å². The Morgan fingerprint density at radius 2 is 2.22 bits per heavy atom. The fourth-order valence-electron chi connectivity index (χ4n) is 2.25. The van der Waals surface area contributed by atoms with E-state index in [1.165, 1.54) is 12.7 Å². The highest BCUT2D eigenvalue weighted by Gasteiger charge is 2.25. The maximum absolute atomic E-state index is 11.4. The van der Waals surface area contributed by atoms with Gasteiger partial charge in [-0.15, -0.1) is 0 Å². The van der Waals surface area contributed by atoms with Crippen LogP contribution in [0.4, 0.5) is 0 Å². The second kappa shape index (κ2) is 6.29. The van der Waals surface area contributed by atoms with E-state index in [9.17, 15) is 4.79 Å². The number of carbonyl (C=O) groups is 1. The first kappa shape index (κ1) is 13.5. The smallest absolute Gasteiger partial charge is 0.308 e. The zero-order chi connectivity index (χ0) is 13.0. The lowest BCUT2D eigenvalue weighted by Gasteiger charge is -2.30. The number of rotatable bonds is 3. The van der Waals surface area contributed by atoms with Gasteiger partial charge in [-0.25, -0.2) is 4.98 Å². The summed E-state index contributed by atoms with van der Waals surface area (Å²) in [6.07, 6.45) is 3.66. The van der Waals surface area contributed by atoms with Crippen molar-refractivity contribution >= 4 is 21.9 Å². The Morgan fingerprint density at radius 1 is 1.50 bits per heavy atom. The highest BCUT2D eigenvalue weighted by atomic mass is 79.9. The van der Waals surface area contributed by atoms with Crippen LogP contribution in [0.5, 0.6) is 0 Å². The van der Waals surface area contributed by atoms with Gasteiger partial charge in [0, 0.05) is 12.7 Å². The lowest BCUT2D eigenvalue weighted by molar-refractivity contribution is -0.147. The number of likely N-dealkylation sites (tertiary alicyclic amines) is 1. The summed E-state index contributed by atoms with van der Waals surface area (Å²) in [5, 5.41) is 0. The number of pyridine rings is 1. The lowest BCUT2D eigenvalue weighted by Crippen LogP contribution is -2.36. The first-order valence-corrected chi connectivity index (χ1v) is 6.89. The Kier molecular flexibility index (Phi) is 4.72.